The van der Waals surface area contributed by atoms with Crippen molar-refractivity contribution in [1.82, 2.24) is 10.3 Å². The number of hydrogen-bond donors (Lipinski definition) is 4. The molecule has 0 aromatic carbocycles. The van der Waals surface area contributed by atoms with E-state index in [1.807, 2.05) is 13.8 Å². The zero-order valence-corrected chi connectivity index (χ0v) is 19.1. The third kappa shape index (κ3) is 6.93. The van der Waals surface area contributed by atoms with Gasteiger partial charge in [0.25, 0.3) is 0 Å². The van der Waals surface area contributed by atoms with Crippen molar-refractivity contribution in [3.63, 3.8) is 0 Å². The summed E-state index contributed by atoms with van der Waals surface area (Å²) >= 11 is 7.46. The molecule has 1 aliphatic rings. The summed E-state index contributed by atoms with van der Waals surface area (Å²) < 4.78 is 5.75. The molecule has 0 aromatic rings. The second-order valence-corrected chi connectivity index (χ2v) is 9.31. The van der Waals surface area contributed by atoms with E-state index >= 15 is 0 Å². The van der Waals surface area contributed by atoms with Gasteiger partial charge >= 0.3 is 0 Å². The minimum absolute atomic E-state index is 0.196. The molecule has 0 bridgehead atoms. The molecule has 9 nitrogen and oxygen atoms in total. The molecule has 29 heavy (non-hydrogen) atoms. The lowest BCUT2D eigenvalue weighted by molar-refractivity contribution is -0.205. The van der Waals surface area contributed by atoms with Gasteiger partial charge in [-0.05, 0) is 25.5 Å². The van der Waals surface area contributed by atoms with Gasteiger partial charge in [0.2, 0.25) is 5.91 Å². The average Bonchev–Trinajstić information content (AvgIpc) is 2.68. The molecule has 170 valence electrons. The van der Waals surface area contributed by atoms with Crippen molar-refractivity contribution in [2.45, 2.75) is 87.3 Å². The maximum atomic E-state index is 13.0. The molecule has 1 saturated heterocycles. The summed E-state index contributed by atoms with van der Waals surface area (Å²) in [6.07, 6.45) is -1.22. The van der Waals surface area contributed by atoms with Crippen molar-refractivity contribution in [2.24, 2.45) is 11.2 Å². The Bertz CT molecular complexity index is 530. The van der Waals surface area contributed by atoms with Gasteiger partial charge in [-0.1, -0.05) is 26.7 Å². The molecule has 1 rings (SSSR count). The zero-order chi connectivity index (χ0) is 22.3. The molecule has 1 heterocycles. The van der Waals surface area contributed by atoms with E-state index in [9.17, 15) is 25.0 Å². The summed E-state index contributed by atoms with van der Waals surface area (Å²) in [7, 11) is 1.44. The van der Waals surface area contributed by atoms with Crippen LogP contribution in [0.5, 0.6) is 0 Å². The lowest BCUT2D eigenvalue weighted by Gasteiger charge is -2.44. The molecule has 11 heteroatoms. The Kier molecular flexibility index (Phi) is 11.2. The number of aliphatic hydroxyl groups excluding tert-OH is 3. The van der Waals surface area contributed by atoms with Gasteiger partial charge in [-0.2, -0.15) is 0 Å². The second kappa shape index (κ2) is 12.3. The fraction of sp³-hybridized carbons (Fsp3) is 0.944. The van der Waals surface area contributed by atoms with Crippen molar-refractivity contribution < 1.29 is 24.9 Å². The summed E-state index contributed by atoms with van der Waals surface area (Å²) in [5.74, 6) is -0.272. The van der Waals surface area contributed by atoms with Crippen molar-refractivity contribution in [1.29, 1.82) is 0 Å². The van der Waals surface area contributed by atoms with E-state index in [1.54, 1.807) is 13.2 Å². The van der Waals surface area contributed by atoms with Gasteiger partial charge in [-0.15, -0.1) is 28.3 Å². The summed E-state index contributed by atoms with van der Waals surface area (Å²) in [5, 5.41) is 36.7. The molecular weight excluding hydrogens is 422 g/mol. The molecule has 9 atom stereocenters. The number of amides is 1. The monoisotopic (exact) mass is 455 g/mol. The number of thioether (sulfide) groups is 1. The van der Waals surface area contributed by atoms with Crippen LogP contribution in [-0.4, -0.2) is 86.9 Å². The van der Waals surface area contributed by atoms with Crippen molar-refractivity contribution in [3.05, 3.63) is 4.91 Å². The number of nitroso groups, excluding NO2 is 1. The maximum Gasteiger partial charge on any atom is 0.244 e. The average molecular weight is 456 g/mol. The third-order valence-electron chi connectivity index (χ3n) is 5.29. The Labute approximate surface area is 181 Å². The first-order chi connectivity index (χ1) is 13.6. The quantitative estimate of drug-likeness (QED) is 0.207. The predicted molar refractivity (Wildman–Crippen MR) is 113 cm³/mol. The van der Waals surface area contributed by atoms with E-state index in [-0.39, 0.29) is 5.92 Å². The van der Waals surface area contributed by atoms with Gasteiger partial charge in [0, 0.05) is 7.05 Å². The van der Waals surface area contributed by atoms with Crippen LogP contribution in [-0.2, 0) is 9.53 Å². The van der Waals surface area contributed by atoms with Crippen LogP contribution < -0.4 is 5.32 Å². The molecule has 0 saturated carbocycles. The van der Waals surface area contributed by atoms with Crippen LogP contribution in [0.15, 0.2) is 5.29 Å². The number of ether oxygens (including phenoxy) is 1. The van der Waals surface area contributed by atoms with Crippen molar-refractivity contribution in [3.8, 4) is 0 Å². The molecular formula is C18H34ClN3O6S. The SMILES string of the molecule is CCC[C@@H](C)C[C@@H](C(=O)N[C@@H]([C@H]1O[C@H](SC)[C@H](O)[C@@H](O)[C@H]1O)[C@H](C)Cl)N(C)N=O. The number of aliphatic hydroxyl groups is 3. The lowest BCUT2D eigenvalue weighted by atomic mass is 9.92. The highest BCUT2D eigenvalue weighted by Crippen LogP contribution is 2.30. The molecule has 4 N–H and O–H groups in total. The second-order valence-electron chi connectivity index (χ2n) is 7.69. The Balaban J connectivity index is 3.02. The molecule has 0 spiro atoms. The highest BCUT2D eigenvalue weighted by atomic mass is 35.5. The van der Waals surface area contributed by atoms with E-state index in [4.69, 9.17) is 16.3 Å². The highest BCUT2D eigenvalue weighted by molar-refractivity contribution is 7.99. The molecule has 0 unspecified atom stereocenters. The van der Waals surface area contributed by atoms with E-state index < -0.39 is 53.2 Å². The van der Waals surface area contributed by atoms with Crippen LogP contribution in [0.25, 0.3) is 0 Å². The zero-order valence-electron chi connectivity index (χ0n) is 17.6. The number of carbonyl (C=O) groups is 1. The van der Waals surface area contributed by atoms with Crippen LogP contribution in [0.2, 0.25) is 0 Å². The topological polar surface area (TPSA) is 132 Å². The minimum atomic E-state index is -1.45. The first-order valence-corrected chi connectivity index (χ1v) is 11.5. The third-order valence-corrected chi connectivity index (χ3v) is 6.41. The number of carbonyl (C=O) groups excluding carboxylic acids is 1. The Morgan fingerprint density at radius 1 is 1.28 bits per heavy atom. The summed E-state index contributed by atoms with van der Waals surface area (Å²) in [4.78, 5) is 24.0. The minimum Gasteiger partial charge on any atom is -0.388 e. The first-order valence-electron chi connectivity index (χ1n) is 9.81. The lowest BCUT2D eigenvalue weighted by Crippen LogP contribution is -2.65. The first kappa shape index (κ1) is 26.4. The van der Waals surface area contributed by atoms with Crippen LogP contribution in [0.1, 0.15) is 40.0 Å². The van der Waals surface area contributed by atoms with Gasteiger partial charge in [-0.3, -0.25) is 9.80 Å². The number of nitrogens with zero attached hydrogens (tertiary/aromatic N) is 2. The molecule has 0 radical (unpaired) electrons. The van der Waals surface area contributed by atoms with Gasteiger partial charge in [0.05, 0.1) is 16.7 Å². The molecule has 0 aromatic heterocycles. The molecule has 0 aliphatic carbocycles. The van der Waals surface area contributed by atoms with Crippen LogP contribution in [0.4, 0.5) is 0 Å². The normalized spacial score (nSPS) is 31.4. The number of halogens is 1. The van der Waals surface area contributed by atoms with E-state index in [1.165, 1.54) is 18.8 Å². The van der Waals surface area contributed by atoms with Crippen LogP contribution >= 0.6 is 23.4 Å². The fourth-order valence-corrected chi connectivity index (χ4v) is 4.45. The highest BCUT2D eigenvalue weighted by Gasteiger charge is 2.48. The number of alkyl halides is 1. The number of hydrogen-bond acceptors (Lipinski definition) is 8. The predicted octanol–water partition coefficient (Wildman–Crippen LogP) is 1.08. The molecule has 1 fully saturated rings. The van der Waals surface area contributed by atoms with E-state index in [0.29, 0.717) is 6.42 Å². The van der Waals surface area contributed by atoms with Gasteiger partial charge in [-0.25, -0.2) is 0 Å². The summed E-state index contributed by atoms with van der Waals surface area (Å²) in [5.41, 5.74) is -0.784. The van der Waals surface area contributed by atoms with Crippen LogP contribution in [0.3, 0.4) is 0 Å². The standard InChI is InChI=1S/C18H34ClN3O6S/c1-6-7-9(2)8-11(22(4)21-27)17(26)20-12(10(3)19)16-14(24)13(23)15(25)18(28-16)29-5/h9-16,18,23-25H,6-8H2,1-5H3,(H,20,26)/t9-,10+,11+,12-,13+,14-,15-,16-,18-/m1/s1. The van der Waals surface area contributed by atoms with Gasteiger partial charge in [0.15, 0.2) is 0 Å². The summed E-state index contributed by atoms with van der Waals surface area (Å²) in [6, 6.07) is -1.67. The largest absolute Gasteiger partial charge is 0.388 e. The molecule has 1 amide bonds. The smallest absolute Gasteiger partial charge is 0.244 e. The van der Waals surface area contributed by atoms with Crippen molar-refractivity contribution >= 4 is 29.3 Å². The summed E-state index contributed by atoms with van der Waals surface area (Å²) in [6.45, 7) is 5.67. The Morgan fingerprint density at radius 3 is 2.38 bits per heavy atom. The Morgan fingerprint density at radius 2 is 1.90 bits per heavy atom. The van der Waals surface area contributed by atoms with Crippen LogP contribution in [0, 0.1) is 10.8 Å². The van der Waals surface area contributed by atoms with E-state index in [2.05, 4.69) is 10.6 Å². The van der Waals surface area contributed by atoms with Gasteiger partial charge in [0.1, 0.15) is 35.9 Å². The number of nitrogens with one attached hydrogen (secondary N) is 1. The number of likely N-dealkylation sites (N-methyl/N-ethyl adjacent to an activating group) is 1. The fourth-order valence-electron chi connectivity index (χ4n) is 3.56. The van der Waals surface area contributed by atoms with Gasteiger partial charge < -0.3 is 25.4 Å². The Hall–Kier alpha value is -0.650. The molecule has 1 aliphatic heterocycles. The van der Waals surface area contributed by atoms with E-state index in [0.717, 1.165) is 17.9 Å². The number of rotatable bonds is 11. The maximum absolute atomic E-state index is 13.0. The van der Waals surface area contributed by atoms with Crippen molar-refractivity contribution in [2.75, 3.05) is 13.3 Å².